The number of carbonyl (C=O) groups excluding carboxylic acids is 2. The maximum Gasteiger partial charge on any atom is 0.341 e. The van der Waals surface area contributed by atoms with Crippen LogP contribution in [0.1, 0.15) is 54.6 Å². The summed E-state index contributed by atoms with van der Waals surface area (Å²) in [6.45, 7) is 5.39. The van der Waals surface area contributed by atoms with Crippen molar-refractivity contribution in [1.29, 1.82) is 0 Å². The second-order valence-electron chi connectivity index (χ2n) is 9.12. The van der Waals surface area contributed by atoms with Crippen molar-refractivity contribution in [3.05, 3.63) is 28.8 Å². The number of likely N-dealkylation sites (tertiary alicyclic amines) is 1. The molecule has 2 aliphatic heterocycles. The predicted molar refractivity (Wildman–Crippen MR) is 100 cm³/mol. The number of carbonyl (C=O) groups is 2. The van der Waals surface area contributed by atoms with Crippen LogP contribution < -0.4 is 4.74 Å². The average Bonchev–Trinajstić information content (AvgIpc) is 2.99. The molecule has 2 aliphatic carbocycles. The Balaban J connectivity index is 1.65. The van der Waals surface area contributed by atoms with Crippen LogP contribution in [0.25, 0.3) is 0 Å². The molecule has 0 amide bonds. The number of Topliss-reactive ketones (excluding diaryl/α,β-unsaturated/α-hetero) is 1. The Hall–Kier alpha value is -1.88. The molecule has 0 radical (unpaired) electrons. The molecular formula is C22H27NO4. The zero-order chi connectivity index (χ0) is 18.9. The quantitative estimate of drug-likeness (QED) is 0.767. The van der Waals surface area contributed by atoms with Crippen molar-refractivity contribution < 1.29 is 19.1 Å². The number of piperidine rings is 1. The summed E-state index contributed by atoms with van der Waals surface area (Å²) in [5.74, 6) is 1.20. The number of ketones is 1. The van der Waals surface area contributed by atoms with Crippen LogP contribution in [0.5, 0.6) is 5.75 Å². The maximum atomic E-state index is 12.8. The van der Waals surface area contributed by atoms with Gasteiger partial charge in [-0.05, 0) is 56.3 Å². The molecule has 2 fully saturated rings. The van der Waals surface area contributed by atoms with Gasteiger partial charge in [0.25, 0.3) is 0 Å². The molecule has 0 aromatic heterocycles. The molecule has 0 unspecified atom stereocenters. The van der Waals surface area contributed by atoms with Crippen LogP contribution >= 0.6 is 0 Å². The molecule has 1 saturated carbocycles. The number of benzene rings is 1. The van der Waals surface area contributed by atoms with E-state index < -0.39 is 6.10 Å². The molecule has 1 aromatic rings. The summed E-state index contributed by atoms with van der Waals surface area (Å²) >= 11 is 0. The van der Waals surface area contributed by atoms with Crippen molar-refractivity contribution in [1.82, 2.24) is 4.90 Å². The van der Waals surface area contributed by atoms with Gasteiger partial charge in [0, 0.05) is 23.4 Å². The summed E-state index contributed by atoms with van der Waals surface area (Å²) < 4.78 is 11.8. The second-order valence-corrected chi connectivity index (χ2v) is 9.12. The molecule has 4 aliphatic rings. The van der Waals surface area contributed by atoms with Gasteiger partial charge in [0.15, 0.2) is 11.9 Å². The molecule has 5 rings (SSSR count). The van der Waals surface area contributed by atoms with E-state index in [1.807, 2.05) is 19.9 Å². The fraction of sp³-hybridized carbons (Fsp3) is 0.636. The lowest BCUT2D eigenvalue weighted by Crippen LogP contribution is -2.65. The van der Waals surface area contributed by atoms with E-state index in [2.05, 4.69) is 18.0 Å². The van der Waals surface area contributed by atoms with Crippen LogP contribution in [0.3, 0.4) is 0 Å². The van der Waals surface area contributed by atoms with Crippen molar-refractivity contribution in [2.45, 2.75) is 57.1 Å². The number of likely N-dealkylation sites (N-methyl/N-ethyl adjacent to an activating group) is 1. The lowest BCUT2D eigenvalue weighted by atomic mass is 9.51. The highest BCUT2D eigenvalue weighted by Gasteiger charge is 2.65. The summed E-state index contributed by atoms with van der Waals surface area (Å²) in [6.07, 6.45) is 2.97. The Kier molecular flexibility index (Phi) is 3.71. The summed E-state index contributed by atoms with van der Waals surface area (Å²) in [5, 5.41) is 0. The largest absolute Gasteiger partial charge is 0.480 e. The third kappa shape index (κ3) is 2.21. The number of hydrogen-bond donors (Lipinski definition) is 0. The zero-order valence-corrected chi connectivity index (χ0v) is 16.3. The molecule has 5 nitrogen and oxygen atoms in total. The van der Waals surface area contributed by atoms with E-state index in [9.17, 15) is 9.59 Å². The maximum absolute atomic E-state index is 12.8. The molecule has 2 heterocycles. The Labute approximate surface area is 160 Å². The molecule has 0 N–H and O–H groups in total. The fourth-order valence-electron chi connectivity index (χ4n) is 6.02. The van der Waals surface area contributed by atoms with Crippen molar-refractivity contribution in [3.8, 4) is 5.75 Å². The van der Waals surface area contributed by atoms with Gasteiger partial charge < -0.3 is 14.4 Å². The minimum atomic E-state index is -0.430. The molecule has 1 saturated heterocycles. The first-order valence-corrected chi connectivity index (χ1v) is 10.2. The highest BCUT2D eigenvalue weighted by Crippen LogP contribution is 2.62. The minimum absolute atomic E-state index is 0.195. The Morgan fingerprint density at radius 3 is 3.00 bits per heavy atom. The number of nitrogens with zero attached hydrogens (tertiary/aromatic N) is 1. The van der Waals surface area contributed by atoms with E-state index in [1.54, 1.807) is 0 Å². The number of ether oxygens (including phenoxy) is 2. The molecule has 4 atom stereocenters. The molecule has 2 bridgehead atoms. The summed E-state index contributed by atoms with van der Waals surface area (Å²) in [6, 6.07) is 4.36. The van der Waals surface area contributed by atoms with Crippen LogP contribution in [0.4, 0.5) is 0 Å². The van der Waals surface area contributed by atoms with E-state index in [1.165, 1.54) is 5.56 Å². The summed E-state index contributed by atoms with van der Waals surface area (Å²) in [5.41, 5.74) is 2.63. The first-order valence-electron chi connectivity index (χ1n) is 10.2. The lowest BCUT2D eigenvalue weighted by molar-refractivity contribution is -0.138. The van der Waals surface area contributed by atoms with Crippen LogP contribution in [0, 0.1) is 11.8 Å². The van der Waals surface area contributed by atoms with Gasteiger partial charge in [0.2, 0.25) is 0 Å². The zero-order valence-electron chi connectivity index (χ0n) is 16.3. The van der Waals surface area contributed by atoms with Crippen LogP contribution in [0.15, 0.2) is 12.1 Å². The van der Waals surface area contributed by atoms with E-state index in [0.29, 0.717) is 36.3 Å². The SMILES string of the molecule is CC(C)COC(=O)c1ccc2c3c1O[C@H]1C(=O)CC[C@H]4[C@@H](C2)N(C)CC[C@]314. The standard InChI is InChI=1S/C22H27NO4/c1-12(2)11-26-21(25)14-5-4-13-10-16-15-6-7-17(24)20-22(15,8-9-23(16)3)18(13)19(14)27-20/h4-5,12,15-16,20H,6-11H2,1-3H3/t15-,16+,20-,22-/m0/s1. The highest BCUT2D eigenvalue weighted by molar-refractivity contribution is 5.96. The monoisotopic (exact) mass is 369 g/mol. The van der Waals surface area contributed by atoms with Crippen molar-refractivity contribution in [2.24, 2.45) is 11.8 Å². The highest BCUT2D eigenvalue weighted by atomic mass is 16.5. The average molecular weight is 369 g/mol. The normalized spacial score (nSPS) is 33.6. The number of hydrogen-bond acceptors (Lipinski definition) is 5. The molecule has 144 valence electrons. The van der Waals surface area contributed by atoms with Gasteiger partial charge in [-0.25, -0.2) is 4.79 Å². The molecule has 5 heteroatoms. The Bertz CT molecular complexity index is 832. The first-order chi connectivity index (χ1) is 12.9. The smallest absolute Gasteiger partial charge is 0.341 e. The van der Waals surface area contributed by atoms with Crippen molar-refractivity contribution in [3.63, 3.8) is 0 Å². The van der Waals surface area contributed by atoms with Crippen molar-refractivity contribution in [2.75, 3.05) is 20.2 Å². The van der Waals surface area contributed by atoms with Crippen LogP contribution in [-0.4, -0.2) is 49.0 Å². The molecule has 1 spiro atoms. The fourth-order valence-corrected chi connectivity index (χ4v) is 6.02. The van der Waals surface area contributed by atoms with Gasteiger partial charge >= 0.3 is 5.97 Å². The van der Waals surface area contributed by atoms with Gasteiger partial charge in [-0.1, -0.05) is 19.9 Å². The van der Waals surface area contributed by atoms with E-state index in [0.717, 1.165) is 31.4 Å². The number of rotatable bonds is 3. The van der Waals surface area contributed by atoms with E-state index in [-0.39, 0.29) is 23.1 Å². The number of esters is 1. The molecule has 27 heavy (non-hydrogen) atoms. The van der Waals surface area contributed by atoms with Gasteiger partial charge in [0.05, 0.1) is 6.61 Å². The summed E-state index contributed by atoms with van der Waals surface area (Å²) in [4.78, 5) is 28.0. The van der Waals surface area contributed by atoms with Crippen molar-refractivity contribution >= 4 is 11.8 Å². The van der Waals surface area contributed by atoms with Gasteiger partial charge in [-0.2, -0.15) is 0 Å². The topological polar surface area (TPSA) is 55.8 Å². The Morgan fingerprint density at radius 2 is 2.22 bits per heavy atom. The minimum Gasteiger partial charge on any atom is -0.480 e. The van der Waals surface area contributed by atoms with Crippen LogP contribution in [-0.2, 0) is 21.4 Å². The summed E-state index contributed by atoms with van der Waals surface area (Å²) in [7, 11) is 2.20. The molecule has 1 aromatic carbocycles. The molecular weight excluding hydrogens is 342 g/mol. The third-order valence-electron chi connectivity index (χ3n) is 7.17. The Morgan fingerprint density at radius 1 is 1.41 bits per heavy atom. The lowest BCUT2D eigenvalue weighted by Gasteiger charge is -2.57. The second kappa shape index (κ2) is 5.81. The van der Waals surface area contributed by atoms with Crippen LogP contribution in [0.2, 0.25) is 0 Å². The van der Waals surface area contributed by atoms with E-state index in [4.69, 9.17) is 9.47 Å². The third-order valence-corrected chi connectivity index (χ3v) is 7.17. The predicted octanol–water partition coefficient (Wildman–Crippen LogP) is 2.74. The van der Waals surface area contributed by atoms with Gasteiger partial charge in [-0.3, -0.25) is 4.79 Å². The van der Waals surface area contributed by atoms with Gasteiger partial charge in [0.1, 0.15) is 11.3 Å². The first kappa shape index (κ1) is 17.2. The van der Waals surface area contributed by atoms with E-state index >= 15 is 0 Å². The van der Waals surface area contributed by atoms with Gasteiger partial charge in [-0.15, -0.1) is 0 Å².